The first kappa shape index (κ1) is 12.9. The average Bonchev–Trinajstić information content (AvgIpc) is 2.82. The predicted octanol–water partition coefficient (Wildman–Crippen LogP) is 2.85. The maximum absolute atomic E-state index is 12.1. The van der Waals surface area contributed by atoms with Gasteiger partial charge in [-0.05, 0) is 30.5 Å². The largest absolute Gasteiger partial charge is 0.240 e. The van der Waals surface area contributed by atoms with Gasteiger partial charge in [-0.1, -0.05) is 30.1 Å². The highest BCUT2D eigenvalue weighted by Crippen LogP contribution is 2.22. The highest BCUT2D eigenvalue weighted by Gasteiger charge is 2.22. The molecule has 0 spiro atoms. The first-order valence-electron chi connectivity index (χ1n) is 5.79. The molecule has 1 aromatic rings. The molecule has 0 bridgehead atoms. The third-order valence-corrected chi connectivity index (χ3v) is 4.48. The minimum Gasteiger partial charge on any atom is -0.208 e. The first-order chi connectivity index (χ1) is 8.62. The van der Waals surface area contributed by atoms with Gasteiger partial charge in [0.05, 0.1) is 4.90 Å². The van der Waals surface area contributed by atoms with Crippen LogP contribution in [0.4, 0.5) is 5.69 Å². The molecule has 2 rings (SSSR count). The Morgan fingerprint density at radius 2 is 2.06 bits per heavy atom. The van der Waals surface area contributed by atoms with Crippen LogP contribution in [0.1, 0.15) is 25.7 Å². The number of benzene rings is 1. The number of hydrogen-bond donors (Lipinski definition) is 1. The smallest absolute Gasteiger partial charge is 0.208 e. The van der Waals surface area contributed by atoms with Crippen molar-refractivity contribution >= 4 is 15.7 Å². The van der Waals surface area contributed by atoms with E-state index in [0.29, 0.717) is 5.69 Å². The number of nitrogens with one attached hydrogen (secondary N) is 1. The average molecular weight is 266 g/mol. The third kappa shape index (κ3) is 3.01. The van der Waals surface area contributed by atoms with Crippen LogP contribution < -0.4 is 4.72 Å². The lowest BCUT2D eigenvalue weighted by Gasteiger charge is -2.12. The lowest BCUT2D eigenvalue weighted by Crippen LogP contribution is -2.32. The summed E-state index contributed by atoms with van der Waals surface area (Å²) < 4.78 is 26.9. The fourth-order valence-electron chi connectivity index (χ4n) is 2.10. The molecule has 1 aromatic carbocycles. The summed E-state index contributed by atoms with van der Waals surface area (Å²) in [4.78, 5) is 2.78. The van der Waals surface area contributed by atoms with E-state index in [1.807, 2.05) is 0 Å². The summed E-state index contributed by atoms with van der Waals surface area (Å²) in [5.41, 5.74) is 8.63. The summed E-state index contributed by atoms with van der Waals surface area (Å²) in [6.45, 7) is 0. The van der Waals surface area contributed by atoms with Crippen LogP contribution in [0.5, 0.6) is 0 Å². The Bertz CT molecular complexity index is 572. The molecule has 0 amide bonds. The standard InChI is InChI=1S/C11H14N4O2S/c12-15-13-10-6-3-7-11(8-10)18(16,17)14-9-4-1-2-5-9/h3,6-9,14H,1-2,4-5H2. The molecule has 18 heavy (non-hydrogen) atoms. The second-order valence-corrected chi connectivity index (χ2v) is 6.00. The monoisotopic (exact) mass is 266 g/mol. The summed E-state index contributed by atoms with van der Waals surface area (Å²) >= 11 is 0. The molecule has 0 heterocycles. The lowest BCUT2D eigenvalue weighted by molar-refractivity contribution is 0.552. The van der Waals surface area contributed by atoms with Crippen LogP contribution in [0, 0.1) is 0 Å². The molecule has 0 atom stereocenters. The van der Waals surface area contributed by atoms with Gasteiger partial charge in [-0.25, -0.2) is 13.1 Å². The summed E-state index contributed by atoms with van der Waals surface area (Å²) in [5.74, 6) is 0. The van der Waals surface area contributed by atoms with Gasteiger partial charge >= 0.3 is 0 Å². The van der Waals surface area contributed by atoms with Crippen LogP contribution in [0.2, 0.25) is 0 Å². The molecule has 1 fully saturated rings. The van der Waals surface area contributed by atoms with Crippen LogP contribution in [0.15, 0.2) is 34.3 Å². The van der Waals surface area contributed by atoms with Crippen molar-refractivity contribution in [1.82, 2.24) is 4.72 Å². The molecule has 1 aliphatic rings. The molecule has 96 valence electrons. The van der Waals surface area contributed by atoms with E-state index in [9.17, 15) is 8.42 Å². The van der Waals surface area contributed by atoms with Gasteiger partial charge in [0, 0.05) is 16.6 Å². The van der Waals surface area contributed by atoms with E-state index in [0.717, 1.165) is 25.7 Å². The van der Waals surface area contributed by atoms with Crippen molar-refractivity contribution in [3.8, 4) is 0 Å². The molecule has 6 nitrogen and oxygen atoms in total. The SMILES string of the molecule is [N-]=[N+]=Nc1cccc(S(=O)(=O)NC2CCCC2)c1. The van der Waals surface area contributed by atoms with Crippen LogP contribution in [-0.4, -0.2) is 14.5 Å². The molecule has 0 aromatic heterocycles. The van der Waals surface area contributed by atoms with Crippen molar-refractivity contribution in [3.63, 3.8) is 0 Å². The fraction of sp³-hybridized carbons (Fsp3) is 0.455. The first-order valence-corrected chi connectivity index (χ1v) is 7.27. The zero-order chi connectivity index (χ0) is 13.0. The Labute approximate surface area is 106 Å². The van der Waals surface area contributed by atoms with Crippen LogP contribution in [-0.2, 0) is 10.0 Å². The van der Waals surface area contributed by atoms with E-state index in [-0.39, 0.29) is 10.9 Å². The van der Waals surface area contributed by atoms with Gasteiger partial charge in [0.25, 0.3) is 0 Å². The van der Waals surface area contributed by atoms with Gasteiger partial charge in [0.1, 0.15) is 0 Å². The summed E-state index contributed by atoms with van der Waals surface area (Å²) in [5, 5.41) is 3.40. The Morgan fingerprint density at radius 1 is 1.33 bits per heavy atom. The molecule has 0 aliphatic heterocycles. The number of hydrogen-bond acceptors (Lipinski definition) is 3. The van der Waals surface area contributed by atoms with Crippen molar-refractivity contribution < 1.29 is 8.42 Å². The predicted molar refractivity (Wildman–Crippen MR) is 67.8 cm³/mol. The Balaban J connectivity index is 2.23. The Morgan fingerprint density at radius 3 is 2.72 bits per heavy atom. The van der Waals surface area contributed by atoms with Crippen molar-refractivity contribution in [3.05, 3.63) is 34.7 Å². The van der Waals surface area contributed by atoms with E-state index in [4.69, 9.17) is 5.53 Å². The van der Waals surface area contributed by atoms with E-state index >= 15 is 0 Å². The summed E-state index contributed by atoms with van der Waals surface area (Å²) in [6, 6.07) is 6.02. The zero-order valence-corrected chi connectivity index (χ0v) is 10.6. The van der Waals surface area contributed by atoms with E-state index in [1.165, 1.54) is 12.1 Å². The van der Waals surface area contributed by atoms with Crippen LogP contribution >= 0.6 is 0 Å². The minimum absolute atomic E-state index is 0.0260. The van der Waals surface area contributed by atoms with E-state index < -0.39 is 10.0 Å². The van der Waals surface area contributed by atoms with Gasteiger partial charge in [-0.3, -0.25) is 0 Å². The van der Waals surface area contributed by atoms with Gasteiger partial charge < -0.3 is 0 Å². The molecule has 0 radical (unpaired) electrons. The van der Waals surface area contributed by atoms with Crippen molar-refractivity contribution in [2.24, 2.45) is 5.11 Å². The molecule has 1 N–H and O–H groups in total. The highest BCUT2D eigenvalue weighted by molar-refractivity contribution is 7.89. The maximum atomic E-state index is 12.1. The number of nitrogens with zero attached hydrogens (tertiary/aromatic N) is 3. The second kappa shape index (κ2) is 5.39. The van der Waals surface area contributed by atoms with Gasteiger partial charge in [0.2, 0.25) is 10.0 Å². The number of azide groups is 1. The van der Waals surface area contributed by atoms with Crippen LogP contribution in [0.3, 0.4) is 0 Å². The molecular formula is C11H14N4O2S. The van der Waals surface area contributed by atoms with E-state index in [2.05, 4.69) is 14.7 Å². The maximum Gasteiger partial charge on any atom is 0.240 e. The van der Waals surface area contributed by atoms with Crippen LogP contribution in [0.25, 0.3) is 10.4 Å². The van der Waals surface area contributed by atoms with E-state index in [1.54, 1.807) is 12.1 Å². The molecule has 0 unspecified atom stereocenters. The summed E-state index contributed by atoms with van der Waals surface area (Å²) in [7, 11) is -3.52. The molecule has 1 saturated carbocycles. The Kier molecular flexibility index (Phi) is 3.86. The molecule has 0 saturated heterocycles. The lowest BCUT2D eigenvalue weighted by atomic mass is 10.3. The zero-order valence-electron chi connectivity index (χ0n) is 9.78. The molecular weight excluding hydrogens is 252 g/mol. The summed E-state index contributed by atoms with van der Waals surface area (Å²) in [6.07, 6.45) is 3.89. The van der Waals surface area contributed by atoms with Gasteiger partial charge in [-0.2, -0.15) is 0 Å². The second-order valence-electron chi connectivity index (χ2n) is 4.29. The third-order valence-electron chi connectivity index (χ3n) is 2.97. The Hall–Kier alpha value is -1.56. The topological polar surface area (TPSA) is 94.9 Å². The normalized spacial score (nSPS) is 16.4. The highest BCUT2D eigenvalue weighted by atomic mass is 32.2. The number of rotatable bonds is 4. The fourth-order valence-corrected chi connectivity index (χ4v) is 3.44. The van der Waals surface area contributed by atoms with Crippen molar-refractivity contribution in [2.75, 3.05) is 0 Å². The number of sulfonamides is 1. The van der Waals surface area contributed by atoms with Crippen molar-refractivity contribution in [2.45, 2.75) is 36.6 Å². The van der Waals surface area contributed by atoms with Gasteiger partial charge in [-0.15, -0.1) is 0 Å². The molecule has 1 aliphatic carbocycles. The van der Waals surface area contributed by atoms with Gasteiger partial charge in [0.15, 0.2) is 0 Å². The quantitative estimate of drug-likeness (QED) is 0.515. The molecule has 7 heteroatoms. The van der Waals surface area contributed by atoms with Crippen molar-refractivity contribution in [1.29, 1.82) is 0 Å². The minimum atomic E-state index is -3.52.